The second kappa shape index (κ2) is 5.97. The summed E-state index contributed by atoms with van der Waals surface area (Å²) in [7, 11) is 0. The van der Waals surface area contributed by atoms with Crippen LogP contribution in [0.4, 0.5) is 23.2 Å². The van der Waals surface area contributed by atoms with Gasteiger partial charge in [0.25, 0.3) is 5.91 Å². The highest BCUT2D eigenvalue weighted by Crippen LogP contribution is 2.20. The molecule has 0 aliphatic rings. The van der Waals surface area contributed by atoms with Gasteiger partial charge in [-0.1, -0.05) is 0 Å². The lowest BCUT2D eigenvalue weighted by atomic mass is 10.1. The highest BCUT2D eigenvalue weighted by atomic mass is 19.2. The zero-order valence-corrected chi connectivity index (χ0v) is 11.2. The van der Waals surface area contributed by atoms with Gasteiger partial charge in [-0.15, -0.1) is 0 Å². The van der Waals surface area contributed by atoms with Crippen molar-refractivity contribution in [1.29, 1.82) is 0 Å². The second-order valence-corrected chi connectivity index (χ2v) is 4.44. The Bertz CT molecular complexity index is 757. The molecule has 0 fully saturated rings. The Morgan fingerprint density at radius 2 is 1.50 bits per heavy atom. The fourth-order valence-corrected chi connectivity index (χ4v) is 1.72. The van der Waals surface area contributed by atoms with E-state index in [9.17, 15) is 27.2 Å². The lowest BCUT2D eigenvalue weighted by Gasteiger charge is -2.08. The van der Waals surface area contributed by atoms with Crippen LogP contribution in [0.25, 0.3) is 0 Å². The number of carbonyl (C=O) groups excluding carboxylic acids is 2. The summed E-state index contributed by atoms with van der Waals surface area (Å²) in [5.41, 5.74) is -0.394. The zero-order valence-electron chi connectivity index (χ0n) is 11.2. The van der Waals surface area contributed by atoms with Crippen LogP contribution in [-0.4, -0.2) is 11.7 Å². The molecule has 22 heavy (non-hydrogen) atoms. The van der Waals surface area contributed by atoms with Crippen molar-refractivity contribution >= 4 is 17.4 Å². The Labute approximate surface area is 122 Å². The van der Waals surface area contributed by atoms with E-state index in [1.54, 1.807) is 0 Å². The maximum atomic E-state index is 13.5. The van der Waals surface area contributed by atoms with Crippen molar-refractivity contribution in [3.05, 3.63) is 64.7 Å². The van der Waals surface area contributed by atoms with Crippen molar-refractivity contribution in [3.63, 3.8) is 0 Å². The monoisotopic (exact) mass is 311 g/mol. The molecule has 114 valence electrons. The summed E-state index contributed by atoms with van der Waals surface area (Å²) >= 11 is 0. The highest BCUT2D eigenvalue weighted by Gasteiger charge is 2.23. The summed E-state index contributed by atoms with van der Waals surface area (Å²) in [6.45, 7) is 1.35. The normalized spacial score (nSPS) is 10.4. The van der Waals surface area contributed by atoms with Crippen LogP contribution in [0.2, 0.25) is 0 Å². The third kappa shape index (κ3) is 2.98. The lowest BCUT2D eigenvalue weighted by molar-refractivity contribution is 0.101. The predicted octanol–water partition coefficient (Wildman–Crippen LogP) is 3.70. The van der Waals surface area contributed by atoms with Gasteiger partial charge in [0.1, 0.15) is 0 Å². The summed E-state index contributed by atoms with van der Waals surface area (Å²) < 4.78 is 52.5. The first-order chi connectivity index (χ1) is 10.3. The molecule has 0 heterocycles. The van der Waals surface area contributed by atoms with Crippen LogP contribution in [0.3, 0.4) is 0 Å². The van der Waals surface area contributed by atoms with E-state index in [1.165, 1.54) is 31.2 Å². The number of hydrogen-bond acceptors (Lipinski definition) is 2. The minimum absolute atomic E-state index is 0.180. The van der Waals surface area contributed by atoms with Gasteiger partial charge < -0.3 is 5.32 Å². The average Bonchev–Trinajstić information content (AvgIpc) is 2.49. The van der Waals surface area contributed by atoms with Crippen LogP contribution < -0.4 is 5.32 Å². The Kier molecular flexibility index (Phi) is 4.25. The average molecular weight is 311 g/mol. The molecule has 0 saturated heterocycles. The number of hydrogen-bond donors (Lipinski definition) is 1. The smallest absolute Gasteiger partial charge is 0.258 e. The Morgan fingerprint density at radius 3 is 2.05 bits per heavy atom. The molecule has 7 heteroatoms. The Balaban J connectivity index is 2.28. The number of benzene rings is 2. The van der Waals surface area contributed by atoms with Crippen LogP contribution in [0.1, 0.15) is 27.6 Å². The van der Waals surface area contributed by atoms with E-state index in [4.69, 9.17) is 0 Å². The van der Waals surface area contributed by atoms with Gasteiger partial charge >= 0.3 is 0 Å². The molecule has 2 rings (SSSR count). The first kappa shape index (κ1) is 15.7. The van der Waals surface area contributed by atoms with Gasteiger partial charge in [-0.05, 0) is 37.3 Å². The fourth-order valence-electron chi connectivity index (χ4n) is 1.72. The highest BCUT2D eigenvalue weighted by molar-refractivity contribution is 6.04. The second-order valence-electron chi connectivity index (χ2n) is 4.44. The summed E-state index contributed by atoms with van der Waals surface area (Å²) in [6.07, 6.45) is 0. The molecular formula is C15H9F4NO2. The molecule has 0 bridgehead atoms. The Morgan fingerprint density at radius 1 is 0.909 bits per heavy atom. The van der Waals surface area contributed by atoms with Crippen LogP contribution in [0.5, 0.6) is 0 Å². The fraction of sp³-hybridized carbons (Fsp3) is 0.0667. The van der Waals surface area contributed by atoms with Crippen LogP contribution in [0, 0.1) is 23.3 Å². The Hall–Kier alpha value is -2.70. The third-order valence-corrected chi connectivity index (χ3v) is 2.90. The topological polar surface area (TPSA) is 46.2 Å². The van der Waals surface area contributed by atoms with Crippen LogP contribution in [0.15, 0.2) is 30.3 Å². The van der Waals surface area contributed by atoms with E-state index in [0.29, 0.717) is 5.56 Å². The maximum absolute atomic E-state index is 13.5. The van der Waals surface area contributed by atoms with Gasteiger partial charge in [-0.3, -0.25) is 9.59 Å². The number of amides is 1. The van der Waals surface area contributed by atoms with Crippen molar-refractivity contribution in [1.82, 2.24) is 0 Å². The number of rotatable bonds is 3. The van der Waals surface area contributed by atoms with E-state index in [-0.39, 0.29) is 17.5 Å². The first-order valence-electron chi connectivity index (χ1n) is 6.06. The van der Waals surface area contributed by atoms with Gasteiger partial charge in [0.2, 0.25) is 0 Å². The molecule has 0 aliphatic carbocycles. The molecule has 2 aromatic carbocycles. The van der Waals surface area contributed by atoms with Crippen molar-refractivity contribution < 1.29 is 27.2 Å². The number of halogens is 4. The van der Waals surface area contributed by atoms with Crippen LogP contribution in [-0.2, 0) is 0 Å². The van der Waals surface area contributed by atoms with E-state index in [2.05, 4.69) is 5.32 Å². The maximum Gasteiger partial charge on any atom is 0.258 e. The molecule has 3 nitrogen and oxygen atoms in total. The van der Waals surface area contributed by atoms with E-state index in [1.807, 2.05) is 0 Å². The number of anilines is 1. The van der Waals surface area contributed by atoms with Crippen molar-refractivity contribution in [2.24, 2.45) is 0 Å². The number of nitrogens with one attached hydrogen (secondary N) is 1. The molecule has 0 unspecified atom stereocenters. The molecular weight excluding hydrogens is 302 g/mol. The SMILES string of the molecule is CC(=O)c1ccc(NC(=O)c2cc(F)c(F)c(F)c2F)cc1. The zero-order chi connectivity index (χ0) is 16.4. The molecule has 0 atom stereocenters. The van der Waals surface area contributed by atoms with Gasteiger partial charge in [-0.25, -0.2) is 17.6 Å². The van der Waals surface area contributed by atoms with Crippen molar-refractivity contribution in [2.75, 3.05) is 5.32 Å². The molecule has 0 aromatic heterocycles. The van der Waals surface area contributed by atoms with Gasteiger partial charge in [0.05, 0.1) is 5.56 Å². The molecule has 0 spiro atoms. The van der Waals surface area contributed by atoms with E-state index in [0.717, 1.165) is 0 Å². The van der Waals surface area contributed by atoms with Crippen molar-refractivity contribution in [3.8, 4) is 0 Å². The van der Waals surface area contributed by atoms with E-state index >= 15 is 0 Å². The molecule has 0 radical (unpaired) electrons. The first-order valence-corrected chi connectivity index (χ1v) is 6.06. The summed E-state index contributed by atoms with van der Waals surface area (Å²) in [4.78, 5) is 22.9. The number of carbonyl (C=O) groups is 2. The van der Waals surface area contributed by atoms with Gasteiger partial charge in [0.15, 0.2) is 29.1 Å². The number of Topliss-reactive ketones (excluding diaryl/α,β-unsaturated/α-hetero) is 1. The van der Waals surface area contributed by atoms with Crippen LogP contribution >= 0.6 is 0 Å². The summed E-state index contributed by atoms with van der Waals surface area (Å²) in [6, 6.07) is 5.83. The van der Waals surface area contributed by atoms with Gasteiger partial charge in [-0.2, -0.15) is 0 Å². The number of ketones is 1. The largest absolute Gasteiger partial charge is 0.322 e. The third-order valence-electron chi connectivity index (χ3n) is 2.90. The lowest BCUT2D eigenvalue weighted by Crippen LogP contribution is -2.16. The molecule has 0 saturated carbocycles. The van der Waals surface area contributed by atoms with E-state index < -0.39 is 34.7 Å². The minimum Gasteiger partial charge on any atom is -0.322 e. The standard InChI is InChI=1S/C15H9F4NO2/c1-7(21)8-2-4-9(5-3-8)20-15(22)10-6-11(16)13(18)14(19)12(10)17/h2-6H,1H3,(H,20,22). The minimum atomic E-state index is -2.06. The van der Waals surface area contributed by atoms with Crippen molar-refractivity contribution in [2.45, 2.75) is 6.92 Å². The quantitative estimate of drug-likeness (QED) is 0.407. The molecule has 1 amide bonds. The van der Waals surface area contributed by atoms with Gasteiger partial charge in [0, 0.05) is 11.3 Å². The predicted molar refractivity (Wildman–Crippen MR) is 70.7 cm³/mol. The molecule has 1 N–H and O–H groups in total. The summed E-state index contributed by atoms with van der Waals surface area (Å²) in [5.74, 6) is -8.83. The molecule has 0 aliphatic heterocycles. The summed E-state index contributed by atoms with van der Waals surface area (Å²) in [5, 5.41) is 2.19. The molecule has 2 aromatic rings.